The van der Waals surface area contributed by atoms with Gasteiger partial charge in [0.25, 0.3) is 0 Å². The number of amides is 1. The molecule has 1 unspecified atom stereocenters. The highest BCUT2D eigenvalue weighted by molar-refractivity contribution is 5.77. The molecule has 290 valence electrons. The maximum absolute atomic E-state index is 11.3. The molecule has 0 bridgehead atoms. The van der Waals surface area contributed by atoms with Crippen molar-refractivity contribution in [2.75, 3.05) is 125 Å². The first kappa shape index (κ1) is 49.2. The molecule has 0 aliphatic rings. The van der Waals surface area contributed by atoms with Gasteiger partial charge in [0, 0.05) is 32.2 Å². The highest BCUT2D eigenvalue weighted by atomic mass is 16.6. The van der Waals surface area contributed by atoms with Gasteiger partial charge in [-0.15, -0.1) is 0 Å². The molecular formula is C37H78N2O9. The standard InChI is InChI=1S/C19H41NO4.C18H37NO5/c1-5-19(4)17-20-8-10-22-12-14-24-16-15-23-13-11-21-9-6-7-18(2)3;1-16(2)6-5-8-21-10-12-23-14-15-24-13-11-22-9-7-19-18(20)17(3)4/h18-20H,5-17H2,1-4H3;16-17H,5-15H2,1-4H3,(H,19,20). The van der Waals surface area contributed by atoms with E-state index >= 15 is 0 Å². The van der Waals surface area contributed by atoms with E-state index in [0.29, 0.717) is 92.4 Å². The molecule has 11 nitrogen and oxygen atoms in total. The largest absolute Gasteiger partial charge is 0.379 e. The Labute approximate surface area is 295 Å². The normalized spacial score (nSPS) is 12.1. The van der Waals surface area contributed by atoms with Crippen molar-refractivity contribution in [1.29, 1.82) is 0 Å². The zero-order valence-corrected chi connectivity index (χ0v) is 32.5. The van der Waals surface area contributed by atoms with Gasteiger partial charge in [0.05, 0.1) is 92.5 Å². The van der Waals surface area contributed by atoms with Crippen LogP contribution in [0.3, 0.4) is 0 Å². The SMILES string of the molecule is CC(C)CCCOCCOCCOCCOCCNC(=O)C(C)C.CCC(C)CNCCOCCOCCOCCOCCCC(C)C. The molecular weight excluding hydrogens is 616 g/mol. The summed E-state index contributed by atoms with van der Waals surface area (Å²) in [4.78, 5) is 11.3. The van der Waals surface area contributed by atoms with Gasteiger partial charge in [-0.2, -0.15) is 0 Å². The average Bonchev–Trinajstić information content (AvgIpc) is 3.05. The Morgan fingerprint density at radius 1 is 0.479 bits per heavy atom. The smallest absolute Gasteiger partial charge is 0.222 e. The lowest BCUT2D eigenvalue weighted by Gasteiger charge is -2.10. The van der Waals surface area contributed by atoms with Crippen molar-refractivity contribution in [3.05, 3.63) is 0 Å². The number of hydrogen-bond donors (Lipinski definition) is 2. The molecule has 2 N–H and O–H groups in total. The van der Waals surface area contributed by atoms with Crippen molar-refractivity contribution in [3.63, 3.8) is 0 Å². The van der Waals surface area contributed by atoms with E-state index in [1.165, 1.54) is 19.3 Å². The number of ether oxygens (including phenoxy) is 8. The summed E-state index contributed by atoms with van der Waals surface area (Å²) in [5.74, 6) is 2.30. The number of carbonyl (C=O) groups is 1. The van der Waals surface area contributed by atoms with Gasteiger partial charge in [0.2, 0.25) is 5.91 Å². The van der Waals surface area contributed by atoms with E-state index in [9.17, 15) is 4.79 Å². The Morgan fingerprint density at radius 3 is 1.15 bits per heavy atom. The minimum absolute atomic E-state index is 0.0128. The van der Waals surface area contributed by atoms with Gasteiger partial charge in [-0.25, -0.2) is 0 Å². The summed E-state index contributed by atoms with van der Waals surface area (Å²) < 4.78 is 43.6. The lowest BCUT2D eigenvalue weighted by Crippen LogP contribution is -2.31. The molecule has 0 radical (unpaired) electrons. The second kappa shape index (κ2) is 40.5. The van der Waals surface area contributed by atoms with Crippen molar-refractivity contribution in [1.82, 2.24) is 10.6 Å². The molecule has 0 spiro atoms. The summed E-state index contributed by atoms with van der Waals surface area (Å²) in [5, 5.41) is 6.18. The lowest BCUT2D eigenvalue weighted by atomic mass is 10.1. The first-order valence-corrected chi connectivity index (χ1v) is 18.8. The van der Waals surface area contributed by atoms with Crippen LogP contribution in [0.2, 0.25) is 0 Å². The molecule has 0 aromatic rings. The highest BCUT2D eigenvalue weighted by Gasteiger charge is 2.04. The Kier molecular flexibility index (Phi) is 41.6. The van der Waals surface area contributed by atoms with Gasteiger partial charge in [-0.3, -0.25) is 4.79 Å². The second-order valence-corrected chi connectivity index (χ2v) is 13.1. The Hall–Kier alpha value is -0.890. The topological polar surface area (TPSA) is 115 Å². The Morgan fingerprint density at radius 2 is 0.812 bits per heavy atom. The van der Waals surface area contributed by atoms with Crippen molar-refractivity contribution >= 4 is 5.91 Å². The third-order valence-corrected chi connectivity index (χ3v) is 7.06. The predicted molar refractivity (Wildman–Crippen MR) is 195 cm³/mol. The fraction of sp³-hybridized carbons (Fsp3) is 0.973. The molecule has 0 heterocycles. The molecule has 0 rings (SSSR count). The fourth-order valence-electron chi connectivity index (χ4n) is 3.80. The van der Waals surface area contributed by atoms with E-state index in [1.54, 1.807) is 0 Å². The van der Waals surface area contributed by atoms with Crippen LogP contribution in [-0.2, 0) is 42.7 Å². The van der Waals surface area contributed by atoms with Gasteiger partial charge < -0.3 is 48.5 Å². The number of hydrogen-bond acceptors (Lipinski definition) is 10. The number of carbonyl (C=O) groups excluding carboxylic acids is 1. The molecule has 0 saturated carbocycles. The molecule has 48 heavy (non-hydrogen) atoms. The molecule has 0 aromatic carbocycles. The molecule has 0 aliphatic carbocycles. The molecule has 0 saturated heterocycles. The maximum Gasteiger partial charge on any atom is 0.222 e. The minimum atomic E-state index is 0.0128. The molecule has 0 aliphatic heterocycles. The fourth-order valence-corrected chi connectivity index (χ4v) is 3.80. The quantitative estimate of drug-likeness (QED) is 0.0829. The molecule has 11 heteroatoms. The summed E-state index contributed by atoms with van der Waals surface area (Å²) >= 11 is 0. The summed E-state index contributed by atoms with van der Waals surface area (Å²) in [6.45, 7) is 29.8. The monoisotopic (exact) mass is 695 g/mol. The zero-order chi connectivity index (χ0) is 35.9. The van der Waals surface area contributed by atoms with E-state index in [-0.39, 0.29) is 11.8 Å². The van der Waals surface area contributed by atoms with Crippen LogP contribution in [0, 0.1) is 23.7 Å². The Balaban J connectivity index is 0. The maximum atomic E-state index is 11.3. The minimum Gasteiger partial charge on any atom is -0.379 e. The van der Waals surface area contributed by atoms with Gasteiger partial charge >= 0.3 is 0 Å². The molecule has 1 atom stereocenters. The van der Waals surface area contributed by atoms with Crippen LogP contribution in [0.5, 0.6) is 0 Å². The van der Waals surface area contributed by atoms with Gasteiger partial charge in [-0.1, -0.05) is 61.8 Å². The average molecular weight is 695 g/mol. The highest BCUT2D eigenvalue weighted by Crippen LogP contribution is 2.03. The second-order valence-electron chi connectivity index (χ2n) is 13.1. The molecule has 0 aromatic heterocycles. The van der Waals surface area contributed by atoms with E-state index in [2.05, 4.69) is 52.2 Å². The van der Waals surface area contributed by atoms with E-state index in [1.807, 2.05) is 13.8 Å². The van der Waals surface area contributed by atoms with E-state index in [0.717, 1.165) is 63.5 Å². The van der Waals surface area contributed by atoms with Crippen LogP contribution in [-0.4, -0.2) is 131 Å². The van der Waals surface area contributed by atoms with Crippen molar-refractivity contribution in [2.45, 2.75) is 87.5 Å². The predicted octanol–water partition coefficient (Wildman–Crippen LogP) is 5.39. The van der Waals surface area contributed by atoms with Crippen LogP contribution in [0.1, 0.15) is 87.5 Å². The van der Waals surface area contributed by atoms with Crippen molar-refractivity contribution in [3.8, 4) is 0 Å². The van der Waals surface area contributed by atoms with Gasteiger partial charge in [-0.05, 0) is 50.0 Å². The molecule has 0 fully saturated rings. The summed E-state index contributed by atoms with van der Waals surface area (Å²) in [6, 6.07) is 0. The number of rotatable bonds is 36. The summed E-state index contributed by atoms with van der Waals surface area (Å²) in [6.07, 6.45) is 5.90. The van der Waals surface area contributed by atoms with Crippen LogP contribution in [0.25, 0.3) is 0 Å². The third-order valence-electron chi connectivity index (χ3n) is 7.06. The van der Waals surface area contributed by atoms with Gasteiger partial charge in [0.1, 0.15) is 0 Å². The first-order chi connectivity index (χ1) is 23.2. The number of nitrogens with one attached hydrogen (secondary N) is 2. The molecule has 1 amide bonds. The first-order valence-electron chi connectivity index (χ1n) is 18.8. The summed E-state index contributed by atoms with van der Waals surface area (Å²) in [5.41, 5.74) is 0. The Bertz CT molecular complexity index is 628. The van der Waals surface area contributed by atoms with Crippen molar-refractivity contribution < 1.29 is 42.7 Å². The third kappa shape index (κ3) is 45.1. The lowest BCUT2D eigenvalue weighted by molar-refractivity contribution is -0.124. The van der Waals surface area contributed by atoms with Crippen molar-refractivity contribution in [2.24, 2.45) is 23.7 Å². The zero-order valence-electron chi connectivity index (χ0n) is 32.5. The van der Waals surface area contributed by atoms with Crippen LogP contribution >= 0.6 is 0 Å². The van der Waals surface area contributed by atoms with Crippen LogP contribution in [0.4, 0.5) is 0 Å². The van der Waals surface area contributed by atoms with E-state index < -0.39 is 0 Å². The summed E-state index contributed by atoms with van der Waals surface area (Å²) in [7, 11) is 0. The van der Waals surface area contributed by atoms with Gasteiger partial charge in [0.15, 0.2) is 0 Å². The van der Waals surface area contributed by atoms with Crippen LogP contribution < -0.4 is 10.6 Å². The van der Waals surface area contributed by atoms with E-state index in [4.69, 9.17) is 37.9 Å². The van der Waals surface area contributed by atoms with Crippen LogP contribution in [0.15, 0.2) is 0 Å².